The SMILES string of the molecule is COc1cc(C#N)cnc1N1CCN(Cc2ccc(Cc3ccc(N(C)C4CCC(=O)NC4=O)c4c(C=O)cc(F)cc34)c(F)c2)CC1. The lowest BCUT2D eigenvalue weighted by atomic mass is 9.93. The van der Waals surface area contributed by atoms with E-state index in [0.29, 0.717) is 77.1 Å². The van der Waals surface area contributed by atoms with Crippen LogP contribution >= 0.6 is 0 Å². The number of carbonyl (C=O) groups is 3. The van der Waals surface area contributed by atoms with Crippen molar-refractivity contribution in [2.75, 3.05) is 50.1 Å². The average Bonchev–Trinajstić information content (AvgIpc) is 3.09. The van der Waals surface area contributed by atoms with Crippen molar-refractivity contribution in [3.05, 3.63) is 94.2 Å². The number of pyridine rings is 1. The number of methoxy groups -OCH3 is 1. The normalized spacial score (nSPS) is 16.8. The number of nitrogens with zero attached hydrogens (tertiary/aromatic N) is 5. The Morgan fingerprint density at radius 2 is 1.85 bits per heavy atom. The maximum Gasteiger partial charge on any atom is 0.249 e. The summed E-state index contributed by atoms with van der Waals surface area (Å²) in [6, 6.07) is 14.2. The lowest BCUT2D eigenvalue weighted by Crippen LogP contribution is -2.51. The zero-order valence-corrected chi connectivity index (χ0v) is 26.6. The summed E-state index contributed by atoms with van der Waals surface area (Å²) in [5.41, 5.74) is 2.95. The number of rotatable bonds is 9. The van der Waals surface area contributed by atoms with Crippen molar-refractivity contribution in [2.45, 2.75) is 31.8 Å². The van der Waals surface area contributed by atoms with Gasteiger partial charge in [0.05, 0.1) is 12.7 Å². The molecule has 0 saturated carbocycles. The van der Waals surface area contributed by atoms with Crippen LogP contribution in [0.1, 0.15) is 45.5 Å². The highest BCUT2D eigenvalue weighted by Crippen LogP contribution is 2.35. The van der Waals surface area contributed by atoms with E-state index < -0.39 is 17.8 Å². The van der Waals surface area contributed by atoms with Gasteiger partial charge in [-0.15, -0.1) is 0 Å². The van der Waals surface area contributed by atoms with Crippen LogP contribution < -0.4 is 19.9 Å². The third kappa shape index (κ3) is 6.55. The number of aldehydes is 1. The van der Waals surface area contributed by atoms with Gasteiger partial charge < -0.3 is 14.5 Å². The molecule has 246 valence electrons. The number of aromatic nitrogens is 1. The van der Waals surface area contributed by atoms with Gasteiger partial charge in [-0.05, 0) is 52.8 Å². The Morgan fingerprint density at radius 1 is 1.08 bits per heavy atom. The van der Waals surface area contributed by atoms with Gasteiger partial charge in [0.1, 0.15) is 23.7 Å². The molecule has 2 aliphatic rings. The van der Waals surface area contributed by atoms with E-state index in [4.69, 9.17) is 10.00 Å². The monoisotopic (exact) mass is 652 g/mol. The van der Waals surface area contributed by atoms with Gasteiger partial charge in [-0.1, -0.05) is 18.2 Å². The number of likely N-dealkylation sites (N-methyl/N-ethyl adjacent to an activating group) is 1. The molecule has 1 N–H and O–H groups in total. The van der Waals surface area contributed by atoms with Crippen molar-refractivity contribution in [1.29, 1.82) is 5.26 Å². The second kappa shape index (κ2) is 13.8. The molecule has 1 atom stereocenters. The van der Waals surface area contributed by atoms with Gasteiger partial charge in [0.25, 0.3) is 0 Å². The molecule has 3 heterocycles. The minimum Gasteiger partial charge on any atom is -0.493 e. The zero-order chi connectivity index (χ0) is 33.9. The quantitative estimate of drug-likeness (QED) is 0.208. The summed E-state index contributed by atoms with van der Waals surface area (Å²) in [5.74, 6) is -0.523. The van der Waals surface area contributed by atoms with E-state index in [1.807, 2.05) is 6.07 Å². The van der Waals surface area contributed by atoms with E-state index >= 15 is 4.39 Å². The summed E-state index contributed by atoms with van der Waals surface area (Å²) < 4.78 is 35.8. The Balaban J connectivity index is 1.19. The van der Waals surface area contributed by atoms with Crippen LogP contribution in [0.4, 0.5) is 20.3 Å². The number of anilines is 2. The van der Waals surface area contributed by atoms with Crippen molar-refractivity contribution >= 4 is 40.4 Å². The van der Waals surface area contributed by atoms with Crippen LogP contribution in [-0.4, -0.2) is 74.4 Å². The standard InChI is InChI=1S/C36H34F2N6O4/c1-42(31-7-8-33(46)41-36(31)47)30-6-5-24(28-17-27(37)16-26(21-45)34(28)30)15-25-4-3-22(13-29(25)38)20-43-9-11-44(12-10-43)35-32(48-2)14-23(18-39)19-40-35/h3-6,13-14,16-17,19,21,31H,7-12,15,20H2,1-2H3,(H,41,46,47). The number of piperidine rings is 1. The lowest BCUT2D eigenvalue weighted by Gasteiger charge is -2.35. The van der Waals surface area contributed by atoms with Gasteiger partial charge in [-0.2, -0.15) is 5.26 Å². The van der Waals surface area contributed by atoms with E-state index in [1.165, 1.54) is 18.3 Å². The smallest absolute Gasteiger partial charge is 0.249 e. The molecule has 2 aliphatic heterocycles. The molecule has 0 spiro atoms. The van der Waals surface area contributed by atoms with Gasteiger partial charge in [-0.25, -0.2) is 13.8 Å². The fourth-order valence-corrected chi connectivity index (χ4v) is 6.58. The molecule has 10 nitrogen and oxygen atoms in total. The number of amides is 2. The van der Waals surface area contributed by atoms with E-state index in [2.05, 4.69) is 26.2 Å². The highest BCUT2D eigenvalue weighted by Gasteiger charge is 2.31. The first-order valence-electron chi connectivity index (χ1n) is 15.6. The topological polar surface area (TPSA) is 119 Å². The van der Waals surface area contributed by atoms with Crippen molar-refractivity contribution in [2.24, 2.45) is 0 Å². The Morgan fingerprint density at radius 3 is 2.54 bits per heavy atom. The molecule has 48 heavy (non-hydrogen) atoms. The first-order valence-corrected chi connectivity index (χ1v) is 15.6. The van der Waals surface area contributed by atoms with Crippen molar-refractivity contribution in [3.8, 4) is 11.8 Å². The first kappa shape index (κ1) is 32.5. The zero-order valence-electron chi connectivity index (χ0n) is 26.6. The third-order valence-corrected chi connectivity index (χ3v) is 9.12. The molecule has 0 radical (unpaired) electrons. The van der Waals surface area contributed by atoms with Crippen LogP contribution in [0.2, 0.25) is 0 Å². The van der Waals surface area contributed by atoms with Gasteiger partial charge in [0.15, 0.2) is 17.9 Å². The van der Waals surface area contributed by atoms with Crippen LogP contribution in [0.25, 0.3) is 10.8 Å². The van der Waals surface area contributed by atoms with Gasteiger partial charge in [-0.3, -0.25) is 24.6 Å². The Hall–Kier alpha value is -5.41. The van der Waals surface area contributed by atoms with E-state index in [0.717, 1.165) is 24.7 Å². The van der Waals surface area contributed by atoms with Crippen LogP contribution in [0.5, 0.6) is 5.75 Å². The van der Waals surface area contributed by atoms with E-state index in [-0.39, 0.29) is 30.1 Å². The predicted molar refractivity (Wildman–Crippen MR) is 176 cm³/mol. The number of benzene rings is 3. The average molecular weight is 653 g/mol. The summed E-state index contributed by atoms with van der Waals surface area (Å²) in [6.45, 7) is 3.39. The maximum atomic E-state index is 15.6. The molecule has 1 aromatic heterocycles. The molecule has 4 aromatic rings. The molecule has 2 saturated heterocycles. The molecule has 3 aromatic carbocycles. The van der Waals surface area contributed by atoms with Crippen molar-refractivity contribution < 1.29 is 27.9 Å². The highest BCUT2D eigenvalue weighted by molar-refractivity contribution is 6.08. The Bertz CT molecular complexity index is 1950. The fraction of sp³-hybridized carbons (Fsp3) is 0.306. The number of hydrogen-bond donors (Lipinski definition) is 1. The number of halogens is 2. The van der Waals surface area contributed by atoms with Crippen molar-refractivity contribution in [3.63, 3.8) is 0 Å². The number of carbonyl (C=O) groups excluding carboxylic acids is 3. The number of fused-ring (bicyclic) bond motifs is 1. The second-order valence-electron chi connectivity index (χ2n) is 12.1. The third-order valence-electron chi connectivity index (χ3n) is 9.12. The molecular formula is C36H34F2N6O4. The lowest BCUT2D eigenvalue weighted by molar-refractivity contribution is -0.134. The minimum atomic E-state index is -0.648. The molecule has 0 bridgehead atoms. The summed E-state index contributed by atoms with van der Waals surface area (Å²) in [4.78, 5) is 46.9. The van der Waals surface area contributed by atoms with E-state index in [9.17, 15) is 18.8 Å². The summed E-state index contributed by atoms with van der Waals surface area (Å²) in [5, 5.41) is 12.4. The second-order valence-corrected chi connectivity index (χ2v) is 12.1. The number of nitriles is 1. The number of hydrogen-bond acceptors (Lipinski definition) is 9. The summed E-state index contributed by atoms with van der Waals surface area (Å²) in [6.07, 6.45) is 2.75. The fourth-order valence-electron chi connectivity index (χ4n) is 6.58. The van der Waals surface area contributed by atoms with Crippen LogP contribution in [0, 0.1) is 23.0 Å². The van der Waals surface area contributed by atoms with Gasteiger partial charge in [0, 0.05) is 81.5 Å². The van der Waals surface area contributed by atoms with Crippen molar-refractivity contribution in [1.82, 2.24) is 15.2 Å². The van der Waals surface area contributed by atoms with Gasteiger partial charge in [0.2, 0.25) is 11.8 Å². The largest absolute Gasteiger partial charge is 0.493 e. The molecule has 1 unspecified atom stereocenters. The highest BCUT2D eigenvalue weighted by atomic mass is 19.1. The molecular weight excluding hydrogens is 618 g/mol. The molecule has 6 rings (SSSR count). The number of nitrogens with one attached hydrogen (secondary N) is 1. The predicted octanol–water partition coefficient (Wildman–Crippen LogP) is 4.36. The molecule has 2 fully saturated rings. The minimum absolute atomic E-state index is 0.116. The molecule has 0 aliphatic carbocycles. The number of piperazine rings is 1. The van der Waals surface area contributed by atoms with Crippen LogP contribution in [0.15, 0.2) is 54.7 Å². The summed E-state index contributed by atoms with van der Waals surface area (Å²) >= 11 is 0. The van der Waals surface area contributed by atoms with Crippen LogP contribution in [0.3, 0.4) is 0 Å². The molecule has 2 amide bonds. The molecule has 12 heteroatoms. The Kier molecular flexibility index (Phi) is 9.32. The summed E-state index contributed by atoms with van der Waals surface area (Å²) in [7, 11) is 3.25. The maximum absolute atomic E-state index is 15.6. The number of imide groups is 1. The van der Waals surface area contributed by atoms with Crippen LogP contribution in [-0.2, 0) is 22.6 Å². The van der Waals surface area contributed by atoms with Gasteiger partial charge >= 0.3 is 0 Å². The first-order chi connectivity index (χ1) is 23.2. The number of ether oxygens (including phenoxy) is 1. The Labute approximate surface area is 276 Å². The van der Waals surface area contributed by atoms with E-state index in [1.54, 1.807) is 43.3 Å².